The van der Waals surface area contributed by atoms with Gasteiger partial charge in [-0.3, -0.25) is 9.69 Å². The Bertz CT molecular complexity index is 1180. The molecule has 0 atom stereocenters. The Balaban J connectivity index is 1.62. The molecule has 0 spiro atoms. The molecule has 34 heavy (non-hydrogen) atoms. The van der Waals surface area contributed by atoms with Gasteiger partial charge in [0, 0.05) is 11.7 Å². The molecule has 0 bridgehead atoms. The maximum Gasteiger partial charge on any atom is 0.259 e. The molecular formula is C27H31FN4OS. The molecule has 2 heterocycles. The van der Waals surface area contributed by atoms with Crippen molar-refractivity contribution in [1.29, 1.82) is 5.26 Å². The van der Waals surface area contributed by atoms with Crippen molar-refractivity contribution in [2.45, 2.75) is 65.0 Å². The lowest BCUT2D eigenvalue weighted by atomic mass is 9.88. The number of rotatable bonds is 4. The summed E-state index contributed by atoms with van der Waals surface area (Å²) in [6, 6.07) is 13.1. The monoisotopic (exact) mass is 478 g/mol. The van der Waals surface area contributed by atoms with E-state index >= 15 is 4.39 Å². The van der Waals surface area contributed by atoms with Crippen molar-refractivity contribution in [3.8, 4) is 6.07 Å². The van der Waals surface area contributed by atoms with E-state index < -0.39 is 5.54 Å². The van der Waals surface area contributed by atoms with E-state index in [2.05, 4.69) is 24.8 Å². The van der Waals surface area contributed by atoms with E-state index in [1.807, 2.05) is 19.1 Å². The van der Waals surface area contributed by atoms with Crippen LogP contribution in [0, 0.1) is 24.1 Å². The largest absolute Gasteiger partial charge is 0.303 e. The van der Waals surface area contributed by atoms with Gasteiger partial charge in [-0.2, -0.15) is 5.26 Å². The number of likely N-dealkylation sites (tertiary alicyclic amines) is 1. The van der Waals surface area contributed by atoms with Crippen LogP contribution in [-0.4, -0.2) is 40.6 Å². The molecule has 4 rings (SSSR count). The number of carbonyl (C=O) groups is 1. The molecule has 2 fully saturated rings. The zero-order valence-electron chi connectivity index (χ0n) is 20.4. The first-order valence-corrected chi connectivity index (χ1v) is 12.2. The Morgan fingerprint density at radius 2 is 1.76 bits per heavy atom. The summed E-state index contributed by atoms with van der Waals surface area (Å²) in [4.78, 5) is 19.0. The Labute approximate surface area is 206 Å². The quantitative estimate of drug-likeness (QED) is 0.543. The summed E-state index contributed by atoms with van der Waals surface area (Å²) in [7, 11) is 0. The fourth-order valence-corrected chi connectivity index (χ4v) is 5.60. The van der Waals surface area contributed by atoms with E-state index in [4.69, 9.17) is 12.2 Å². The van der Waals surface area contributed by atoms with Crippen LogP contribution in [0.25, 0.3) is 0 Å². The van der Waals surface area contributed by atoms with Gasteiger partial charge in [-0.25, -0.2) is 4.39 Å². The van der Waals surface area contributed by atoms with E-state index in [-0.39, 0.29) is 17.6 Å². The summed E-state index contributed by atoms with van der Waals surface area (Å²) in [5.74, 6) is -0.242. The van der Waals surface area contributed by atoms with Gasteiger partial charge in [0.15, 0.2) is 5.11 Å². The number of nitriles is 1. The van der Waals surface area contributed by atoms with Gasteiger partial charge >= 0.3 is 0 Å². The molecule has 2 aliphatic rings. The SMILES string of the molecule is Cc1cc(N2C(=O)C(C)(C)N(c3ccc(C4CCN(C(C)C)CC4)c(F)c3)C2=S)ccc1C#N. The predicted molar refractivity (Wildman–Crippen MR) is 138 cm³/mol. The lowest BCUT2D eigenvalue weighted by Gasteiger charge is -2.35. The van der Waals surface area contributed by atoms with Crippen LogP contribution in [0.15, 0.2) is 36.4 Å². The van der Waals surface area contributed by atoms with Crippen LogP contribution < -0.4 is 9.80 Å². The number of halogens is 1. The fraction of sp³-hybridized carbons (Fsp3) is 0.444. The molecule has 178 valence electrons. The van der Waals surface area contributed by atoms with Crippen molar-refractivity contribution in [2.24, 2.45) is 0 Å². The van der Waals surface area contributed by atoms with Gasteiger partial charge in [0.25, 0.3) is 5.91 Å². The summed E-state index contributed by atoms with van der Waals surface area (Å²) >= 11 is 5.73. The number of aryl methyl sites for hydroxylation is 1. The minimum Gasteiger partial charge on any atom is -0.303 e. The minimum atomic E-state index is -0.977. The smallest absolute Gasteiger partial charge is 0.259 e. The number of benzene rings is 2. The number of piperidine rings is 1. The Kier molecular flexibility index (Phi) is 6.50. The molecule has 5 nitrogen and oxygen atoms in total. The second-order valence-electron chi connectivity index (χ2n) is 10.0. The number of hydrogen-bond donors (Lipinski definition) is 0. The van der Waals surface area contributed by atoms with Gasteiger partial charge in [0.1, 0.15) is 11.4 Å². The van der Waals surface area contributed by atoms with Crippen LogP contribution >= 0.6 is 12.2 Å². The number of thiocarbonyl (C=S) groups is 1. The Hall–Kier alpha value is -2.82. The molecular weight excluding hydrogens is 447 g/mol. The van der Waals surface area contributed by atoms with Gasteiger partial charge in [-0.15, -0.1) is 0 Å². The molecule has 2 aromatic carbocycles. The summed E-state index contributed by atoms with van der Waals surface area (Å²) in [6.45, 7) is 11.8. The van der Waals surface area contributed by atoms with E-state index in [9.17, 15) is 10.1 Å². The van der Waals surface area contributed by atoms with Crippen molar-refractivity contribution in [2.75, 3.05) is 22.9 Å². The third kappa shape index (κ3) is 4.10. The molecule has 0 unspecified atom stereocenters. The van der Waals surface area contributed by atoms with E-state index in [1.165, 1.54) is 11.0 Å². The number of anilines is 2. The fourth-order valence-electron chi connectivity index (χ4n) is 5.08. The third-order valence-corrected chi connectivity index (χ3v) is 7.56. The molecule has 2 aromatic rings. The van der Waals surface area contributed by atoms with Crippen molar-refractivity contribution >= 4 is 34.6 Å². The van der Waals surface area contributed by atoms with Crippen LogP contribution in [0.2, 0.25) is 0 Å². The highest BCUT2D eigenvalue weighted by Crippen LogP contribution is 2.39. The van der Waals surface area contributed by atoms with Gasteiger partial charge in [0.2, 0.25) is 0 Å². The summed E-state index contributed by atoms with van der Waals surface area (Å²) in [5.41, 5.74) is 2.25. The average molecular weight is 479 g/mol. The zero-order chi connectivity index (χ0) is 24.8. The second-order valence-corrected chi connectivity index (χ2v) is 10.4. The van der Waals surface area contributed by atoms with Crippen molar-refractivity contribution < 1.29 is 9.18 Å². The second kappa shape index (κ2) is 9.09. The predicted octanol–water partition coefficient (Wildman–Crippen LogP) is 5.51. The van der Waals surface area contributed by atoms with Crippen molar-refractivity contribution in [3.63, 3.8) is 0 Å². The Morgan fingerprint density at radius 1 is 1.12 bits per heavy atom. The molecule has 0 N–H and O–H groups in total. The number of hydrogen-bond acceptors (Lipinski definition) is 4. The van der Waals surface area contributed by atoms with Crippen LogP contribution in [-0.2, 0) is 4.79 Å². The first-order chi connectivity index (χ1) is 16.1. The lowest BCUT2D eigenvalue weighted by molar-refractivity contribution is -0.120. The molecule has 2 saturated heterocycles. The minimum absolute atomic E-state index is 0.188. The average Bonchev–Trinajstić information content (AvgIpc) is 2.97. The molecule has 1 amide bonds. The van der Waals surface area contributed by atoms with Gasteiger partial charge in [0.05, 0.1) is 17.3 Å². The van der Waals surface area contributed by atoms with E-state index in [0.717, 1.165) is 37.1 Å². The van der Waals surface area contributed by atoms with Crippen molar-refractivity contribution in [3.05, 3.63) is 58.9 Å². The molecule has 2 aliphatic heterocycles. The normalized spacial score (nSPS) is 19.2. The molecule has 0 aromatic heterocycles. The zero-order valence-corrected chi connectivity index (χ0v) is 21.2. The van der Waals surface area contributed by atoms with Gasteiger partial charge < -0.3 is 9.80 Å². The molecule has 0 saturated carbocycles. The topological polar surface area (TPSA) is 50.6 Å². The summed E-state index contributed by atoms with van der Waals surface area (Å²) < 4.78 is 15.4. The summed E-state index contributed by atoms with van der Waals surface area (Å²) in [5, 5.41) is 9.53. The molecule has 0 aliphatic carbocycles. The van der Waals surface area contributed by atoms with Gasteiger partial charge in [-0.05, 0) is 120 Å². The number of amides is 1. The Morgan fingerprint density at radius 3 is 2.32 bits per heavy atom. The first kappa shape index (κ1) is 24.3. The van der Waals surface area contributed by atoms with Crippen LogP contribution in [0.1, 0.15) is 63.1 Å². The third-order valence-electron chi connectivity index (χ3n) is 7.20. The molecule has 7 heteroatoms. The highest BCUT2D eigenvalue weighted by Gasteiger charge is 2.50. The van der Waals surface area contributed by atoms with Crippen LogP contribution in [0.3, 0.4) is 0 Å². The summed E-state index contributed by atoms with van der Waals surface area (Å²) in [6.07, 6.45) is 1.87. The van der Waals surface area contributed by atoms with E-state index in [1.54, 1.807) is 36.9 Å². The molecule has 0 radical (unpaired) electrons. The maximum atomic E-state index is 15.4. The van der Waals surface area contributed by atoms with Crippen LogP contribution in [0.5, 0.6) is 0 Å². The van der Waals surface area contributed by atoms with Crippen LogP contribution in [0.4, 0.5) is 15.8 Å². The van der Waals surface area contributed by atoms with Gasteiger partial charge in [-0.1, -0.05) is 6.07 Å². The standard InChI is InChI=1S/C27H31FN4OS/c1-17(2)30-12-10-19(11-13-30)23-9-8-22(15-24(23)28)32-26(34)31(25(33)27(32,4)5)21-7-6-20(16-29)18(3)14-21/h6-9,14-15,17,19H,10-13H2,1-5H3. The lowest BCUT2D eigenvalue weighted by Crippen LogP contribution is -2.44. The van der Waals surface area contributed by atoms with Crippen molar-refractivity contribution in [1.82, 2.24) is 4.90 Å². The number of carbonyl (C=O) groups excluding carboxylic acids is 1. The maximum absolute atomic E-state index is 15.4. The first-order valence-electron chi connectivity index (χ1n) is 11.8. The highest BCUT2D eigenvalue weighted by atomic mass is 32.1. The number of nitrogens with zero attached hydrogens (tertiary/aromatic N) is 4. The van der Waals surface area contributed by atoms with E-state index in [0.29, 0.717) is 28.1 Å². The highest BCUT2D eigenvalue weighted by molar-refractivity contribution is 7.81.